The molecule has 4 nitrogen and oxygen atoms in total. The first kappa shape index (κ1) is 17.1. The molecule has 0 saturated heterocycles. The second kappa shape index (κ2) is 6.67. The maximum atomic E-state index is 13.0. The van der Waals surface area contributed by atoms with Crippen LogP contribution < -0.4 is 0 Å². The summed E-state index contributed by atoms with van der Waals surface area (Å²) in [6.07, 6.45) is 0.937. The van der Waals surface area contributed by atoms with Gasteiger partial charge in [0.15, 0.2) is 5.72 Å². The van der Waals surface area contributed by atoms with Crippen LogP contribution in [0.25, 0.3) is 0 Å². The zero-order valence-electron chi connectivity index (χ0n) is 13.0. The number of halogens is 2. The van der Waals surface area contributed by atoms with Crippen LogP contribution in [0.2, 0.25) is 5.02 Å². The molecule has 0 spiro atoms. The molecule has 124 valence electrons. The lowest BCUT2D eigenvalue weighted by Crippen LogP contribution is -2.43. The fraction of sp³-hybridized carbons (Fsp3) is 0.222. The van der Waals surface area contributed by atoms with Gasteiger partial charge in [-0.25, -0.2) is 0 Å². The molecule has 2 aromatic rings. The number of hydrazone groups is 1. The highest BCUT2D eigenvalue weighted by atomic mass is 79.9. The lowest BCUT2D eigenvalue weighted by Gasteiger charge is -2.31. The lowest BCUT2D eigenvalue weighted by atomic mass is 9.96. The Bertz CT molecular complexity index is 807. The van der Waals surface area contributed by atoms with E-state index in [0.29, 0.717) is 22.6 Å². The summed E-state index contributed by atoms with van der Waals surface area (Å²) in [6.45, 7) is 1.95. The van der Waals surface area contributed by atoms with E-state index < -0.39 is 11.6 Å². The second-order valence-electron chi connectivity index (χ2n) is 5.62. The molecule has 3 rings (SSSR count). The molecule has 0 bridgehead atoms. The Kier molecular flexibility index (Phi) is 4.76. The van der Waals surface area contributed by atoms with Crippen molar-refractivity contribution < 1.29 is 9.90 Å². The van der Waals surface area contributed by atoms with E-state index in [1.165, 1.54) is 0 Å². The minimum atomic E-state index is -1.51. The summed E-state index contributed by atoms with van der Waals surface area (Å²) in [4.78, 5) is 13.0. The molecule has 24 heavy (non-hydrogen) atoms. The van der Waals surface area contributed by atoms with Crippen molar-refractivity contribution >= 4 is 39.1 Å². The molecule has 1 atom stereocenters. The van der Waals surface area contributed by atoms with Crippen molar-refractivity contribution in [2.75, 3.05) is 0 Å². The largest absolute Gasteiger partial charge is 0.365 e. The van der Waals surface area contributed by atoms with E-state index in [0.717, 1.165) is 15.2 Å². The Hall–Kier alpha value is -1.69. The smallest absolute Gasteiger partial charge is 0.278 e. The molecule has 0 aliphatic carbocycles. The average molecular weight is 408 g/mol. The molecule has 0 radical (unpaired) electrons. The molecule has 6 heteroatoms. The number of benzene rings is 2. The van der Waals surface area contributed by atoms with Crippen LogP contribution in [0, 0.1) is 0 Å². The van der Waals surface area contributed by atoms with E-state index in [2.05, 4.69) is 21.0 Å². The Labute approximate surface area is 153 Å². The van der Waals surface area contributed by atoms with Crippen LogP contribution in [0.4, 0.5) is 0 Å². The first-order valence-electron chi connectivity index (χ1n) is 7.59. The Morgan fingerprint density at radius 2 is 1.96 bits per heavy atom. The molecule has 0 saturated carbocycles. The fourth-order valence-corrected chi connectivity index (χ4v) is 3.20. The van der Waals surface area contributed by atoms with Crippen molar-refractivity contribution in [3.8, 4) is 0 Å². The van der Waals surface area contributed by atoms with Gasteiger partial charge in [-0.15, -0.1) is 0 Å². The molecular weight excluding hydrogens is 392 g/mol. The van der Waals surface area contributed by atoms with Crippen LogP contribution in [0.5, 0.6) is 0 Å². The number of nitrogens with zero attached hydrogens (tertiary/aromatic N) is 2. The zero-order valence-corrected chi connectivity index (χ0v) is 15.4. The number of rotatable bonds is 3. The van der Waals surface area contributed by atoms with Crippen molar-refractivity contribution in [3.05, 3.63) is 69.2 Å². The third-order valence-electron chi connectivity index (χ3n) is 4.05. The molecular formula is C18H16BrClN2O2. The van der Waals surface area contributed by atoms with Crippen LogP contribution in [0.1, 0.15) is 35.7 Å². The van der Waals surface area contributed by atoms with Gasteiger partial charge in [0.25, 0.3) is 5.91 Å². The van der Waals surface area contributed by atoms with Gasteiger partial charge >= 0.3 is 0 Å². The van der Waals surface area contributed by atoms with E-state index in [1.54, 1.807) is 36.4 Å². The molecule has 1 aliphatic rings. The van der Waals surface area contributed by atoms with Gasteiger partial charge in [-0.1, -0.05) is 58.7 Å². The summed E-state index contributed by atoms with van der Waals surface area (Å²) < 4.78 is 0.897. The number of amides is 1. The Balaban J connectivity index is 2.05. The summed E-state index contributed by atoms with van der Waals surface area (Å²) in [5, 5.41) is 17.1. The number of carbonyl (C=O) groups excluding carboxylic acids is 1. The Morgan fingerprint density at radius 1 is 1.29 bits per heavy atom. The van der Waals surface area contributed by atoms with Gasteiger partial charge in [-0.05, 0) is 30.7 Å². The van der Waals surface area contributed by atoms with Gasteiger partial charge in [0.1, 0.15) is 0 Å². The number of aliphatic hydroxyl groups is 1. The van der Waals surface area contributed by atoms with E-state index in [1.807, 2.05) is 19.1 Å². The van der Waals surface area contributed by atoms with Crippen LogP contribution in [0.3, 0.4) is 0 Å². The van der Waals surface area contributed by atoms with Gasteiger partial charge in [-0.2, -0.15) is 10.1 Å². The summed E-state index contributed by atoms with van der Waals surface area (Å²) in [5.74, 6) is -0.422. The fourth-order valence-electron chi connectivity index (χ4n) is 2.72. The summed E-state index contributed by atoms with van der Waals surface area (Å²) in [7, 11) is 0. The van der Waals surface area contributed by atoms with E-state index in [9.17, 15) is 9.90 Å². The number of hydrogen-bond acceptors (Lipinski definition) is 3. The van der Waals surface area contributed by atoms with Gasteiger partial charge in [0, 0.05) is 22.2 Å². The minimum absolute atomic E-state index is 0.279. The summed E-state index contributed by atoms with van der Waals surface area (Å²) >= 11 is 9.52. The van der Waals surface area contributed by atoms with Crippen LogP contribution in [-0.2, 0) is 5.72 Å². The SMILES string of the molecule is CCC1=NN(C(=O)c2ccccc2Cl)C(O)(c2ccc(Br)cc2)C1. The highest BCUT2D eigenvalue weighted by Crippen LogP contribution is 2.38. The van der Waals surface area contributed by atoms with Gasteiger partial charge in [0.05, 0.1) is 10.6 Å². The quantitative estimate of drug-likeness (QED) is 0.811. The van der Waals surface area contributed by atoms with Gasteiger partial charge in [-0.3, -0.25) is 4.79 Å². The zero-order chi connectivity index (χ0) is 17.3. The molecule has 1 amide bonds. The Morgan fingerprint density at radius 3 is 2.58 bits per heavy atom. The first-order valence-corrected chi connectivity index (χ1v) is 8.76. The monoisotopic (exact) mass is 406 g/mol. The maximum Gasteiger partial charge on any atom is 0.278 e. The van der Waals surface area contributed by atoms with Crippen LogP contribution in [0.15, 0.2) is 58.1 Å². The maximum absolute atomic E-state index is 13.0. The summed E-state index contributed by atoms with van der Waals surface area (Å²) in [5.41, 5.74) is 0.178. The second-order valence-corrected chi connectivity index (χ2v) is 6.94. The van der Waals surface area contributed by atoms with Gasteiger partial charge < -0.3 is 5.11 Å². The third kappa shape index (κ3) is 2.99. The predicted molar refractivity (Wildman–Crippen MR) is 98.0 cm³/mol. The molecule has 1 aliphatic heterocycles. The highest BCUT2D eigenvalue weighted by Gasteiger charge is 2.46. The van der Waals surface area contributed by atoms with Crippen molar-refractivity contribution in [1.29, 1.82) is 0 Å². The molecule has 2 aromatic carbocycles. The van der Waals surface area contributed by atoms with Gasteiger partial charge in [0.2, 0.25) is 0 Å². The average Bonchev–Trinajstić information content (AvgIpc) is 2.93. The molecule has 1 heterocycles. The van der Waals surface area contributed by atoms with Crippen molar-refractivity contribution in [2.45, 2.75) is 25.5 Å². The van der Waals surface area contributed by atoms with E-state index >= 15 is 0 Å². The first-order chi connectivity index (χ1) is 11.5. The van der Waals surface area contributed by atoms with E-state index in [4.69, 9.17) is 11.6 Å². The topological polar surface area (TPSA) is 52.9 Å². The lowest BCUT2D eigenvalue weighted by molar-refractivity contribution is -0.0765. The third-order valence-corrected chi connectivity index (χ3v) is 4.91. The molecule has 0 aromatic heterocycles. The van der Waals surface area contributed by atoms with Crippen LogP contribution >= 0.6 is 27.5 Å². The predicted octanol–water partition coefficient (Wildman–Crippen LogP) is 4.56. The number of carbonyl (C=O) groups is 1. The minimum Gasteiger partial charge on any atom is -0.365 e. The molecule has 1 N–H and O–H groups in total. The van der Waals surface area contributed by atoms with Crippen LogP contribution in [-0.4, -0.2) is 21.7 Å². The van der Waals surface area contributed by atoms with E-state index in [-0.39, 0.29) is 6.42 Å². The summed E-state index contributed by atoms with van der Waals surface area (Å²) in [6, 6.07) is 14.0. The van der Waals surface area contributed by atoms with Crippen molar-refractivity contribution in [1.82, 2.24) is 5.01 Å². The number of hydrogen-bond donors (Lipinski definition) is 1. The molecule has 0 fully saturated rings. The normalized spacial score (nSPS) is 20.2. The molecule has 1 unspecified atom stereocenters. The van der Waals surface area contributed by atoms with Crippen molar-refractivity contribution in [2.24, 2.45) is 5.10 Å². The van der Waals surface area contributed by atoms with Crippen molar-refractivity contribution in [3.63, 3.8) is 0 Å². The standard InChI is InChI=1S/C18H16BrClN2O2/c1-2-14-11-18(24,12-7-9-13(19)10-8-12)22(21-14)17(23)15-5-3-4-6-16(15)20/h3-10,24H,2,11H2,1H3. The highest BCUT2D eigenvalue weighted by molar-refractivity contribution is 9.10.